The van der Waals surface area contributed by atoms with Gasteiger partial charge in [-0.15, -0.1) is 0 Å². The summed E-state index contributed by atoms with van der Waals surface area (Å²) in [5, 5.41) is 2.36. The summed E-state index contributed by atoms with van der Waals surface area (Å²) in [6.45, 7) is 11.6. The zero-order valence-electron chi connectivity index (χ0n) is 12.2. The minimum absolute atomic E-state index is 0. The second-order valence-electron chi connectivity index (χ2n) is 3.38. The summed E-state index contributed by atoms with van der Waals surface area (Å²) >= 11 is 0. The topological polar surface area (TPSA) is 29.1 Å². The average molecular weight is 278 g/mol. The number of nitrogens with one attached hydrogen (secondary N) is 1. The van der Waals surface area contributed by atoms with Crippen molar-refractivity contribution in [3.8, 4) is 0 Å². The molecule has 1 N–H and O–H groups in total. The molecule has 0 fully saturated rings. The maximum absolute atomic E-state index is 9.95. The highest BCUT2D eigenvalue weighted by atomic mass is 16.1. The van der Waals surface area contributed by atoms with Gasteiger partial charge in [0.05, 0.1) is 0 Å². The van der Waals surface area contributed by atoms with Crippen molar-refractivity contribution in [3.63, 3.8) is 0 Å². The van der Waals surface area contributed by atoms with Crippen molar-refractivity contribution in [2.45, 2.75) is 48.5 Å². The van der Waals surface area contributed by atoms with Gasteiger partial charge in [0.1, 0.15) is 0 Å². The molecule has 3 radical (unpaired) electrons. The molecular formula is C17H33BNO. The van der Waals surface area contributed by atoms with E-state index in [1.54, 1.807) is 7.05 Å². The van der Waals surface area contributed by atoms with E-state index in [0.717, 1.165) is 0 Å². The van der Waals surface area contributed by atoms with Crippen LogP contribution >= 0.6 is 0 Å². The van der Waals surface area contributed by atoms with Crippen molar-refractivity contribution >= 4 is 14.3 Å². The van der Waals surface area contributed by atoms with Gasteiger partial charge < -0.3 is 5.32 Å². The smallest absolute Gasteiger partial charge is 0.243 e. The van der Waals surface area contributed by atoms with Crippen LogP contribution in [0.5, 0.6) is 0 Å². The molecule has 20 heavy (non-hydrogen) atoms. The van der Waals surface area contributed by atoms with Crippen molar-refractivity contribution in [1.29, 1.82) is 0 Å². The van der Waals surface area contributed by atoms with E-state index in [-0.39, 0.29) is 29.2 Å². The highest BCUT2D eigenvalue weighted by molar-refractivity contribution is 5.86. The lowest BCUT2D eigenvalue weighted by atomic mass is 10.0. The third kappa shape index (κ3) is 18.8. The fourth-order valence-electron chi connectivity index (χ4n) is 0.940. The van der Waals surface area contributed by atoms with Crippen LogP contribution in [0.25, 0.3) is 0 Å². The molecule has 1 aromatic carbocycles. The predicted octanol–water partition coefficient (Wildman–Crippen LogP) is 4.65. The quantitative estimate of drug-likeness (QED) is 0.619. The molecular weight excluding hydrogens is 245 g/mol. The number of amides is 1. The van der Waals surface area contributed by atoms with Crippen LogP contribution in [0.3, 0.4) is 0 Å². The summed E-state index contributed by atoms with van der Waals surface area (Å²) in [7, 11) is 1.56. The first kappa shape index (κ1) is 31.1. The average Bonchev–Trinajstić information content (AvgIpc) is 2.41. The molecule has 0 unspecified atom stereocenters. The van der Waals surface area contributed by atoms with Crippen LogP contribution < -0.4 is 5.32 Å². The molecule has 1 aromatic rings. The van der Waals surface area contributed by atoms with E-state index in [2.05, 4.69) is 50.0 Å². The summed E-state index contributed by atoms with van der Waals surface area (Å²) < 4.78 is 0. The van der Waals surface area contributed by atoms with Crippen LogP contribution in [-0.2, 0) is 4.79 Å². The Balaban J connectivity index is -0.0000000615. The van der Waals surface area contributed by atoms with Gasteiger partial charge in [0.2, 0.25) is 5.91 Å². The zero-order chi connectivity index (χ0) is 13.7. The summed E-state index contributed by atoms with van der Waals surface area (Å²) in [6.07, 6.45) is 1.22. The van der Waals surface area contributed by atoms with Gasteiger partial charge in [0, 0.05) is 15.5 Å². The molecule has 0 saturated carbocycles. The summed E-state index contributed by atoms with van der Waals surface area (Å²) in [5.41, 5.74) is 1.41. The second kappa shape index (κ2) is 22.7. The van der Waals surface area contributed by atoms with E-state index < -0.39 is 0 Å². The van der Waals surface area contributed by atoms with Crippen LogP contribution in [0.1, 0.15) is 54.0 Å². The number of hydrogen-bond acceptors (Lipinski definition) is 1. The lowest BCUT2D eigenvalue weighted by molar-refractivity contribution is -0.116. The maximum atomic E-state index is 9.95. The molecule has 0 aromatic heterocycles. The largest absolute Gasteiger partial charge is 0.356 e. The number of carbonyl (C=O) groups excluding carboxylic acids is 1. The van der Waals surface area contributed by atoms with Crippen LogP contribution in [0.4, 0.5) is 0 Å². The first-order chi connectivity index (χ1) is 8.11. The molecule has 0 spiro atoms. The molecule has 0 aliphatic rings. The fourth-order valence-corrected chi connectivity index (χ4v) is 0.940. The summed E-state index contributed by atoms with van der Waals surface area (Å²) in [6, 6.07) is 10.5. The van der Waals surface area contributed by atoms with Gasteiger partial charge in [0.25, 0.3) is 0 Å². The number of benzene rings is 1. The molecule has 0 atom stereocenters. The van der Waals surface area contributed by atoms with E-state index in [1.165, 1.54) is 11.6 Å². The lowest BCUT2D eigenvalue weighted by Crippen LogP contribution is -2.13. The van der Waals surface area contributed by atoms with E-state index in [0.29, 0.717) is 5.92 Å². The fraction of sp³-hybridized carbons (Fsp3) is 0.471. The molecule has 3 heteroatoms. The van der Waals surface area contributed by atoms with E-state index in [9.17, 15) is 4.79 Å². The van der Waals surface area contributed by atoms with E-state index in [4.69, 9.17) is 0 Å². The highest BCUT2D eigenvalue weighted by Gasteiger charge is 1.93. The Bertz CT molecular complexity index is 297. The van der Waals surface area contributed by atoms with Gasteiger partial charge in [-0.2, -0.15) is 0 Å². The van der Waals surface area contributed by atoms with Gasteiger partial charge in [-0.25, -0.2) is 0 Å². The monoisotopic (exact) mass is 278 g/mol. The molecule has 1 rings (SSSR count). The molecule has 0 aliphatic heterocycles. The maximum Gasteiger partial charge on any atom is 0.243 e. The van der Waals surface area contributed by atoms with Gasteiger partial charge >= 0.3 is 0 Å². The van der Waals surface area contributed by atoms with Crippen LogP contribution in [0.2, 0.25) is 0 Å². The van der Waals surface area contributed by atoms with Gasteiger partial charge in [-0.1, -0.05) is 79.5 Å². The van der Waals surface area contributed by atoms with Crippen molar-refractivity contribution in [3.05, 3.63) is 48.6 Å². The molecule has 0 saturated heterocycles. The molecule has 0 bridgehead atoms. The number of carbonyl (C=O) groups is 1. The third-order valence-electron chi connectivity index (χ3n) is 1.90. The third-order valence-corrected chi connectivity index (χ3v) is 1.90. The van der Waals surface area contributed by atoms with Crippen molar-refractivity contribution in [2.75, 3.05) is 7.05 Å². The molecule has 2 nitrogen and oxygen atoms in total. The van der Waals surface area contributed by atoms with Crippen molar-refractivity contribution in [2.24, 2.45) is 0 Å². The number of rotatable bonds is 2. The molecule has 0 aliphatic carbocycles. The molecule has 0 heterocycles. The second-order valence-corrected chi connectivity index (χ2v) is 3.38. The van der Waals surface area contributed by atoms with Crippen LogP contribution in [0, 0.1) is 0 Å². The lowest BCUT2D eigenvalue weighted by Gasteiger charge is -2.01. The van der Waals surface area contributed by atoms with E-state index in [1.807, 2.05) is 19.9 Å². The van der Waals surface area contributed by atoms with Crippen LogP contribution in [0.15, 0.2) is 43.0 Å². The predicted molar refractivity (Wildman–Crippen MR) is 95.4 cm³/mol. The highest BCUT2D eigenvalue weighted by Crippen LogP contribution is 2.11. The summed E-state index contributed by atoms with van der Waals surface area (Å²) in [4.78, 5) is 9.95. The molecule has 1 amide bonds. The number of hydrogen-bond donors (Lipinski definition) is 1. The Morgan fingerprint density at radius 3 is 1.70 bits per heavy atom. The zero-order valence-corrected chi connectivity index (χ0v) is 12.2. The minimum Gasteiger partial charge on any atom is -0.356 e. The Morgan fingerprint density at radius 1 is 1.15 bits per heavy atom. The van der Waals surface area contributed by atoms with Gasteiger partial charge in [0.15, 0.2) is 0 Å². The Kier molecular flexibility index (Phi) is 35.2. The summed E-state index contributed by atoms with van der Waals surface area (Å²) in [5.74, 6) is 0.515. The van der Waals surface area contributed by atoms with Gasteiger partial charge in [-0.3, -0.25) is 4.79 Å². The van der Waals surface area contributed by atoms with Crippen molar-refractivity contribution in [1.82, 2.24) is 5.32 Å². The minimum atomic E-state index is -0.144. The Labute approximate surface area is 129 Å². The van der Waals surface area contributed by atoms with E-state index >= 15 is 0 Å². The first-order valence-electron chi connectivity index (χ1n) is 6.01. The Hall–Kier alpha value is -1.51. The Morgan fingerprint density at radius 2 is 1.55 bits per heavy atom. The number of likely N-dealkylation sites (N-methyl/N-ethyl adjacent to an activating group) is 1. The SMILES string of the molecule is C.C.C=CC(=O)NC.CC.CC(C)c1ccccc1.[B]. The standard InChI is InChI=1S/C9H12.C4H7NO.C2H6.2CH4.B/c1-8(2)9-6-4-3-5-7-9;1-3-4(6)5-2;1-2;;;/h3-8H,1-2H3;3H,1H2,2H3,(H,5,6);1-2H3;2*1H4;. The molecule has 115 valence electrons. The van der Waals surface area contributed by atoms with Crippen molar-refractivity contribution < 1.29 is 4.79 Å². The first-order valence-corrected chi connectivity index (χ1v) is 6.01. The normalized spacial score (nSPS) is 6.90. The van der Waals surface area contributed by atoms with Gasteiger partial charge in [-0.05, 0) is 17.6 Å². The van der Waals surface area contributed by atoms with Crippen LogP contribution in [-0.4, -0.2) is 21.4 Å².